The number of nitrogens with two attached hydrogens (primary N) is 1. The van der Waals surface area contributed by atoms with Crippen molar-refractivity contribution in [1.29, 1.82) is 0 Å². The highest BCUT2D eigenvalue weighted by molar-refractivity contribution is 4.96. The molecule has 0 aromatic carbocycles. The highest BCUT2D eigenvalue weighted by Gasteiger charge is 2.31. The van der Waals surface area contributed by atoms with Crippen LogP contribution in [0.4, 0.5) is 0 Å². The Kier molecular flexibility index (Phi) is 5.53. The first-order chi connectivity index (χ1) is 7.95. The van der Waals surface area contributed by atoms with Gasteiger partial charge in [-0.2, -0.15) is 0 Å². The van der Waals surface area contributed by atoms with Crippen LogP contribution in [0.1, 0.15) is 66.2 Å². The van der Waals surface area contributed by atoms with Crippen LogP contribution in [0.2, 0.25) is 0 Å². The minimum atomic E-state index is 0.372. The molecule has 98 valence electrons. The Hall–Kier alpha value is -0.480. The maximum Gasteiger partial charge on any atom is 0.0103 e. The number of rotatable bonds is 3. The lowest BCUT2D eigenvalue weighted by atomic mass is 9.68. The van der Waals surface area contributed by atoms with Gasteiger partial charge in [-0.25, -0.2) is 0 Å². The maximum absolute atomic E-state index is 6.28. The van der Waals surface area contributed by atoms with Crippen molar-refractivity contribution < 1.29 is 0 Å². The Morgan fingerprint density at radius 1 is 1.18 bits per heavy atom. The molecule has 2 N–H and O–H groups in total. The van der Waals surface area contributed by atoms with E-state index in [9.17, 15) is 0 Å². The molecule has 0 spiro atoms. The van der Waals surface area contributed by atoms with E-state index in [1.165, 1.54) is 25.7 Å². The largest absolute Gasteiger partial charge is 0.327 e. The van der Waals surface area contributed by atoms with Gasteiger partial charge in [0.15, 0.2) is 0 Å². The summed E-state index contributed by atoms with van der Waals surface area (Å²) in [6.07, 6.45) is 7.41. The third kappa shape index (κ3) is 4.72. The molecular weight excluding hydrogens is 206 g/mol. The second kappa shape index (κ2) is 6.45. The van der Waals surface area contributed by atoms with E-state index in [4.69, 9.17) is 5.73 Å². The second-order valence-corrected chi connectivity index (χ2v) is 6.61. The van der Waals surface area contributed by atoms with E-state index < -0.39 is 0 Å². The van der Waals surface area contributed by atoms with Gasteiger partial charge in [0.2, 0.25) is 0 Å². The molecule has 0 aromatic heterocycles. The Balaban J connectivity index is 2.32. The van der Waals surface area contributed by atoms with Gasteiger partial charge in [0.05, 0.1) is 0 Å². The molecule has 0 bridgehead atoms. The number of hydrogen-bond donors (Lipinski definition) is 1. The fraction of sp³-hybridized carbons (Fsp3) is 0.875. The average molecular weight is 235 g/mol. The molecule has 0 saturated heterocycles. The van der Waals surface area contributed by atoms with E-state index in [2.05, 4.69) is 32.6 Å². The Morgan fingerprint density at radius 2 is 1.76 bits per heavy atom. The van der Waals surface area contributed by atoms with Gasteiger partial charge < -0.3 is 5.73 Å². The maximum atomic E-state index is 6.28. The zero-order valence-corrected chi connectivity index (χ0v) is 12.1. The molecule has 0 aliphatic heterocycles. The molecule has 1 unspecified atom stereocenters. The van der Waals surface area contributed by atoms with E-state index in [0.717, 1.165) is 24.7 Å². The summed E-state index contributed by atoms with van der Waals surface area (Å²) in [6.45, 7) is 9.01. The topological polar surface area (TPSA) is 26.0 Å². The van der Waals surface area contributed by atoms with Crippen LogP contribution in [0.5, 0.6) is 0 Å². The molecule has 1 rings (SSSR count). The summed E-state index contributed by atoms with van der Waals surface area (Å²) in [5.74, 6) is 7.70. The van der Waals surface area contributed by atoms with E-state index in [-0.39, 0.29) is 0 Å². The summed E-state index contributed by atoms with van der Waals surface area (Å²) in [7, 11) is 0. The molecule has 0 radical (unpaired) electrons. The van der Waals surface area contributed by atoms with Crippen molar-refractivity contribution in [3.8, 4) is 11.8 Å². The zero-order chi connectivity index (χ0) is 12.9. The molecule has 1 atom stereocenters. The lowest BCUT2D eigenvalue weighted by Gasteiger charge is -2.38. The van der Waals surface area contributed by atoms with Crippen molar-refractivity contribution in [1.82, 2.24) is 0 Å². The van der Waals surface area contributed by atoms with Gasteiger partial charge >= 0.3 is 0 Å². The molecule has 17 heavy (non-hydrogen) atoms. The molecule has 1 aliphatic carbocycles. The molecule has 1 heteroatoms. The van der Waals surface area contributed by atoms with Crippen LogP contribution in [0.25, 0.3) is 0 Å². The minimum Gasteiger partial charge on any atom is -0.327 e. The first kappa shape index (κ1) is 14.6. The van der Waals surface area contributed by atoms with Crippen molar-refractivity contribution in [2.45, 2.75) is 72.3 Å². The first-order valence-corrected chi connectivity index (χ1v) is 7.10. The molecule has 1 nitrogen and oxygen atoms in total. The van der Waals surface area contributed by atoms with Gasteiger partial charge in [-0.05, 0) is 56.3 Å². The quantitative estimate of drug-likeness (QED) is 0.736. The SMILES string of the molecule is CC#CCCC(N)C1CCC(C(C)(C)C)CC1. The van der Waals surface area contributed by atoms with Crippen LogP contribution in [0.3, 0.4) is 0 Å². The summed E-state index contributed by atoms with van der Waals surface area (Å²) in [4.78, 5) is 0. The third-order valence-electron chi connectivity index (χ3n) is 4.38. The van der Waals surface area contributed by atoms with Gasteiger partial charge in [0.1, 0.15) is 0 Å². The van der Waals surface area contributed by atoms with E-state index in [0.29, 0.717) is 11.5 Å². The van der Waals surface area contributed by atoms with Crippen molar-refractivity contribution in [2.75, 3.05) is 0 Å². The summed E-state index contributed by atoms with van der Waals surface area (Å²) < 4.78 is 0. The summed E-state index contributed by atoms with van der Waals surface area (Å²) in [5, 5.41) is 0. The fourth-order valence-corrected chi connectivity index (χ4v) is 3.01. The molecule has 1 aliphatic rings. The second-order valence-electron chi connectivity index (χ2n) is 6.61. The zero-order valence-electron chi connectivity index (χ0n) is 12.1. The van der Waals surface area contributed by atoms with Gasteiger partial charge in [-0.15, -0.1) is 11.8 Å². The van der Waals surface area contributed by atoms with E-state index in [1.54, 1.807) is 0 Å². The Labute approximate surface area is 108 Å². The van der Waals surface area contributed by atoms with Crippen LogP contribution in [0.15, 0.2) is 0 Å². The van der Waals surface area contributed by atoms with Crippen LogP contribution in [0, 0.1) is 29.1 Å². The van der Waals surface area contributed by atoms with Crippen molar-refractivity contribution in [3.05, 3.63) is 0 Å². The smallest absolute Gasteiger partial charge is 0.0103 e. The van der Waals surface area contributed by atoms with Crippen LogP contribution >= 0.6 is 0 Å². The molecular formula is C16H29N. The van der Waals surface area contributed by atoms with Crippen molar-refractivity contribution >= 4 is 0 Å². The lowest BCUT2D eigenvalue weighted by Crippen LogP contribution is -2.35. The van der Waals surface area contributed by atoms with Crippen LogP contribution in [-0.2, 0) is 0 Å². The average Bonchev–Trinajstić information content (AvgIpc) is 2.28. The Bertz CT molecular complexity index is 268. The normalized spacial score (nSPS) is 27.1. The van der Waals surface area contributed by atoms with E-state index >= 15 is 0 Å². The van der Waals surface area contributed by atoms with Gasteiger partial charge in [0.25, 0.3) is 0 Å². The van der Waals surface area contributed by atoms with Gasteiger partial charge in [0, 0.05) is 12.5 Å². The fourth-order valence-electron chi connectivity index (χ4n) is 3.01. The van der Waals surface area contributed by atoms with E-state index in [1.807, 2.05) is 6.92 Å². The summed E-state index contributed by atoms with van der Waals surface area (Å²) in [5.41, 5.74) is 6.75. The predicted octanol–water partition coefficient (Wildman–Crippen LogP) is 3.97. The van der Waals surface area contributed by atoms with Crippen LogP contribution in [-0.4, -0.2) is 6.04 Å². The number of hydrogen-bond acceptors (Lipinski definition) is 1. The van der Waals surface area contributed by atoms with Crippen LogP contribution < -0.4 is 5.73 Å². The third-order valence-corrected chi connectivity index (χ3v) is 4.38. The summed E-state index contributed by atoms with van der Waals surface area (Å²) in [6, 6.07) is 0.372. The van der Waals surface area contributed by atoms with Crippen molar-refractivity contribution in [2.24, 2.45) is 23.0 Å². The molecule has 0 aromatic rings. The highest BCUT2D eigenvalue weighted by Crippen LogP contribution is 2.40. The first-order valence-electron chi connectivity index (χ1n) is 7.10. The predicted molar refractivity (Wildman–Crippen MR) is 75.6 cm³/mol. The molecule has 1 fully saturated rings. The van der Waals surface area contributed by atoms with Gasteiger partial charge in [-0.1, -0.05) is 20.8 Å². The lowest BCUT2D eigenvalue weighted by molar-refractivity contribution is 0.138. The standard InChI is InChI=1S/C16H29N/c1-5-6-7-8-15(17)13-9-11-14(12-10-13)16(2,3)4/h13-15H,7-12,17H2,1-4H3. The van der Waals surface area contributed by atoms with Gasteiger partial charge in [-0.3, -0.25) is 0 Å². The Morgan fingerprint density at radius 3 is 2.24 bits per heavy atom. The van der Waals surface area contributed by atoms with Crippen molar-refractivity contribution in [3.63, 3.8) is 0 Å². The highest BCUT2D eigenvalue weighted by atomic mass is 14.6. The molecule has 0 heterocycles. The summed E-state index contributed by atoms with van der Waals surface area (Å²) >= 11 is 0. The molecule has 0 amide bonds. The molecule has 1 saturated carbocycles. The minimum absolute atomic E-state index is 0.372. The monoisotopic (exact) mass is 235 g/mol.